The molecule has 17 nitrogen and oxygen atoms in total. The molecule has 4 heterocycles. The van der Waals surface area contributed by atoms with E-state index in [1.807, 2.05) is 27.7 Å². The molecule has 4 fully saturated rings. The molecule has 0 aliphatic carbocycles. The first-order valence-corrected chi connectivity index (χ1v) is 35.1. The van der Waals surface area contributed by atoms with Crippen molar-refractivity contribution in [3.63, 3.8) is 0 Å². The van der Waals surface area contributed by atoms with Crippen LogP contribution in [0, 0.1) is 0 Å². The van der Waals surface area contributed by atoms with Gasteiger partial charge in [-0.15, -0.1) is 0 Å². The maximum Gasteiger partial charge on any atom is 0.405 e. The van der Waals surface area contributed by atoms with Crippen molar-refractivity contribution in [1.82, 2.24) is 31.5 Å². The summed E-state index contributed by atoms with van der Waals surface area (Å²) in [5.41, 5.74) is 37.5. The van der Waals surface area contributed by atoms with Crippen LogP contribution in [0.3, 0.4) is 0 Å². The second-order valence-electron chi connectivity index (χ2n) is 33.1. The zero-order chi connectivity index (χ0) is 76.2. The SMILES string of the molecule is C1CCNCC1.CC(=O)CC(C)(C)N.CC(C)(C)NCC(F)(F)F.CC(C)(N)CN1CCCCC1.CC(C)(O)CN.CC1(C)CCCCN1.CC1(C)CCCCN1.CCCC(C)(C)N.CCCC(C)(C)N.CCNC(C)(C)C.COCC(C)(C)N.COCC(N)C(F)(F)F. The maximum absolute atomic E-state index is 11.5. The van der Waals surface area contributed by atoms with Crippen molar-refractivity contribution in [2.45, 2.75) is 363 Å². The number of piperidine rings is 4. The lowest BCUT2D eigenvalue weighted by Gasteiger charge is -2.32. The molecule has 0 aromatic heterocycles. The number of carbonyl (C=O) groups excluding carboxylic acids is 1. The molecule has 4 aliphatic rings. The van der Waals surface area contributed by atoms with E-state index in [0.29, 0.717) is 36.2 Å². The molecule has 0 bridgehead atoms. The highest BCUT2D eigenvalue weighted by Gasteiger charge is 2.36. The number of hydrogen-bond donors (Lipinski definition) is 13. The van der Waals surface area contributed by atoms with Crippen LogP contribution in [0.1, 0.15) is 289 Å². The third kappa shape index (κ3) is 121. The number of rotatable bonds is 15. The quantitative estimate of drug-likeness (QED) is 0.0678. The van der Waals surface area contributed by atoms with Gasteiger partial charge >= 0.3 is 12.4 Å². The summed E-state index contributed by atoms with van der Waals surface area (Å²) in [6, 6.07) is -1.86. The summed E-state index contributed by atoms with van der Waals surface area (Å²) in [4.78, 5) is 12.9. The molecule has 0 aromatic rings. The Morgan fingerprint density at radius 1 is 0.553 bits per heavy atom. The van der Waals surface area contributed by atoms with Gasteiger partial charge in [0.1, 0.15) is 11.8 Å². The Labute approximate surface area is 576 Å². The van der Waals surface area contributed by atoms with E-state index >= 15 is 0 Å². The molecule has 4 saturated heterocycles. The van der Waals surface area contributed by atoms with Gasteiger partial charge in [0.05, 0.1) is 25.4 Å². The third-order valence-electron chi connectivity index (χ3n) is 12.8. The summed E-state index contributed by atoms with van der Waals surface area (Å²) in [5.74, 6) is 0.150. The molecule has 1 atom stereocenters. The molecular weight excluding hydrogens is 1210 g/mol. The molecule has 0 radical (unpaired) electrons. The molecule has 0 saturated carbocycles. The zero-order valence-electron chi connectivity index (χ0n) is 66.5. The molecule has 578 valence electrons. The fourth-order valence-corrected chi connectivity index (χ4v) is 8.38. The Bertz CT molecular complexity index is 1520. The number of alkyl halides is 6. The summed E-state index contributed by atoms with van der Waals surface area (Å²) in [6.07, 6.45) is 13.2. The first-order chi connectivity index (χ1) is 41.9. The summed E-state index contributed by atoms with van der Waals surface area (Å²) < 4.78 is 77.8. The summed E-state index contributed by atoms with van der Waals surface area (Å²) in [6.45, 7) is 61.0. The number of ketones is 1. The van der Waals surface area contributed by atoms with Crippen LogP contribution in [0.5, 0.6) is 0 Å². The van der Waals surface area contributed by atoms with Crippen molar-refractivity contribution in [2.24, 2.45) is 40.1 Å². The van der Waals surface area contributed by atoms with Crippen molar-refractivity contribution in [1.29, 1.82) is 0 Å². The number of nitrogens with zero attached hydrogens (tertiary/aromatic N) is 1. The van der Waals surface area contributed by atoms with Crippen LogP contribution >= 0.6 is 0 Å². The topological polar surface area (TPSA) is 301 Å². The Balaban J connectivity index is -0.000000144. The molecule has 0 aromatic carbocycles. The van der Waals surface area contributed by atoms with Gasteiger partial charge < -0.3 is 86.2 Å². The van der Waals surface area contributed by atoms with Crippen LogP contribution in [0.2, 0.25) is 0 Å². The largest absolute Gasteiger partial charge is 0.405 e. The molecule has 94 heavy (non-hydrogen) atoms. The standard InChI is InChI=1S/C9H20N2.2C7H15N.C6H12F3N.C6H13NO.3C6H15N.C5H13NO.C5H11N.C4H8F3NO.C4H11NO/c1-9(2,10)8-11-6-4-3-5-7-11;2*1-7(2)5-3-4-6-8-7;1-5(2,3)10-4-6(7,8)9;1-5(8)4-6(2,3)7;1-5-7-6(2,3)4;2*1-4-5-6(2,3)7;1-5(2,6)4-7-3;1-2-4-6-5-3-1;1-9-2-3(8)4(5,6)7;1-4(2,6)3-5/h3-8,10H2,1-2H3;2*8H,3-6H2,1-2H3;10H,4H2,1-3H3;4,7H2,1-3H3;7H,5H2,1-4H3;2*4-5,7H2,1-3H3;4,6H2,1-3H3;6H,1-5H2;3H,2,8H2,1H3;6H,3,5H2,1-2H3. The molecule has 4 rings (SSSR count). The number of methoxy groups -OCH3 is 2. The number of carbonyl (C=O) groups is 1. The molecule has 1 unspecified atom stereocenters. The van der Waals surface area contributed by atoms with E-state index in [1.54, 1.807) is 48.7 Å². The molecule has 4 aliphatic heterocycles. The number of likely N-dealkylation sites (tertiary alicyclic amines) is 1. The first-order valence-electron chi connectivity index (χ1n) is 35.1. The van der Waals surface area contributed by atoms with Gasteiger partial charge in [-0.25, -0.2) is 0 Å². The van der Waals surface area contributed by atoms with Crippen LogP contribution < -0.4 is 66.7 Å². The second-order valence-corrected chi connectivity index (χ2v) is 33.1. The molecular formula is C71H163F6N13O4. The van der Waals surface area contributed by atoms with Crippen LogP contribution in [-0.4, -0.2) is 183 Å². The average Bonchev–Trinajstić information content (AvgIpc) is 1.58. The Hall–Kier alpha value is -1.39. The minimum Gasteiger partial charge on any atom is -0.389 e. The number of nitrogens with one attached hydrogen (secondary N) is 5. The second kappa shape index (κ2) is 56.3. The van der Waals surface area contributed by atoms with Gasteiger partial charge in [-0.05, 0) is 269 Å². The van der Waals surface area contributed by atoms with E-state index < -0.39 is 42.7 Å². The lowest BCUT2D eigenvalue weighted by atomic mass is 9.93. The van der Waals surface area contributed by atoms with Crippen LogP contribution in [0.4, 0.5) is 26.3 Å². The highest BCUT2D eigenvalue weighted by Crippen LogP contribution is 2.20. The average molecular weight is 1380 g/mol. The molecule has 20 N–H and O–H groups in total. The van der Waals surface area contributed by atoms with Gasteiger partial charge in [0.25, 0.3) is 0 Å². The highest BCUT2D eigenvalue weighted by molar-refractivity contribution is 5.76. The summed E-state index contributed by atoms with van der Waals surface area (Å²) in [7, 11) is 2.82. The Kier molecular flexibility index (Phi) is 65.0. The monoisotopic (exact) mass is 1380 g/mol. The van der Waals surface area contributed by atoms with Crippen LogP contribution in [0.25, 0.3) is 0 Å². The van der Waals surface area contributed by atoms with E-state index in [0.717, 1.165) is 25.9 Å². The number of halogens is 6. The number of aliphatic hydroxyl groups is 1. The summed E-state index contributed by atoms with van der Waals surface area (Å²) in [5, 5.41) is 24.5. The van der Waals surface area contributed by atoms with E-state index in [2.05, 4.69) is 153 Å². The third-order valence-corrected chi connectivity index (χ3v) is 12.8. The molecule has 0 amide bonds. The van der Waals surface area contributed by atoms with Crippen molar-refractivity contribution in [2.75, 3.05) is 92.9 Å². The minimum atomic E-state index is -4.34. The minimum absolute atomic E-state index is 0.0165. The van der Waals surface area contributed by atoms with E-state index in [-0.39, 0.29) is 33.5 Å². The number of nitrogens with two attached hydrogens (primary N) is 7. The van der Waals surface area contributed by atoms with Crippen LogP contribution in [-0.2, 0) is 14.3 Å². The van der Waals surface area contributed by atoms with Gasteiger partial charge in [-0.3, -0.25) is 4.79 Å². The first kappa shape index (κ1) is 109. The van der Waals surface area contributed by atoms with E-state index in [9.17, 15) is 31.1 Å². The zero-order valence-corrected chi connectivity index (χ0v) is 66.5. The molecule has 0 spiro atoms. The summed E-state index contributed by atoms with van der Waals surface area (Å²) >= 11 is 0. The normalized spacial score (nSPS) is 17.1. The van der Waals surface area contributed by atoms with Gasteiger partial charge in [-0.1, -0.05) is 59.3 Å². The van der Waals surface area contributed by atoms with Gasteiger partial charge in [0.15, 0.2) is 0 Å². The van der Waals surface area contributed by atoms with Gasteiger partial charge in [0.2, 0.25) is 0 Å². The van der Waals surface area contributed by atoms with Gasteiger partial charge in [-0.2, -0.15) is 26.3 Å². The van der Waals surface area contributed by atoms with Gasteiger partial charge in [0, 0.05) is 83.6 Å². The number of Topliss-reactive ketones (excluding diaryl/α,β-unsaturated/α-hetero) is 1. The smallest absolute Gasteiger partial charge is 0.389 e. The lowest BCUT2D eigenvalue weighted by molar-refractivity contribution is -0.157. The lowest BCUT2D eigenvalue weighted by Crippen LogP contribution is -2.46. The van der Waals surface area contributed by atoms with Crippen molar-refractivity contribution in [3.05, 3.63) is 0 Å². The van der Waals surface area contributed by atoms with E-state index in [4.69, 9.17) is 44.2 Å². The van der Waals surface area contributed by atoms with Crippen molar-refractivity contribution < 1.29 is 45.7 Å². The molecule has 23 heteroatoms. The Morgan fingerprint density at radius 2 is 0.915 bits per heavy atom. The predicted octanol–water partition coefficient (Wildman–Crippen LogP) is 12.7. The van der Waals surface area contributed by atoms with Crippen molar-refractivity contribution >= 4 is 5.78 Å². The fourth-order valence-electron chi connectivity index (χ4n) is 8.38. The number of hydrogen-bond acceptors (Lipinski definition) is 17. The van der Waals surface area contributed by atoms with Crippen LogP contribution in [0.15, 0.2) is 0 Å². The van der Waals surface area contributed by atoms with E-state index in [1.165, 1.54) is 136 Å². The maximum atomic E-state index is 11.5. The highest BCUT2D eigenvalue weighted by atomic mass is 19.4. The fraction of sp³-hybridized carbons (Fsp3) is 0.986. The Morgan fingerprint density at radius 3 is 1.02 bits per heavy atom. The van der Waals surface area contributed by atoms with Crippen molar-refractivity contribution in [3.8, 4) is 0 Å². The predicted molar refractivity (Wildman–Crippen MR) is 396 cm³/mol. The number of ether oxygens (including phenoxy) is 2.